The SMILES string of the molecule is Clc1nc(-c2cccc3sc4ccccc4c23)nc(-c2cccc3sc4ccccc4c23)n1. The lowest BCUT2D eigenvalue weighted by atomic mass is 10.0. The maximum atomic E-state index is 6.48. The number of benzene rings is 4. The standard InChI is InChI=1S/C27H14ClN3S2/c28-27-30-25(17-9-5-13-21-23(17)15-7-1-3-11-19(15)32-21)29-26(31-27)18-10-6-14-22-24(18)16-8-2-4-12-20(16)33-22/h1-14H. The number of rotatable bonds is 2. The van der Waals surface area contributed by atoms with E-state index in [0.717, 1.165) is 21.9 Å². The van der Waals surface area contributed by atoms with Gasteiger partial charge in [-0.3, -0.25) is 0 Å². The smallest absolute Gasteiger partial charge is 0.208 e. The van der Waals surface area contributed by atoms with E-state index in [1.165, 1.54) is 29.6 Å². The van der Waals surface area contributed by atoms with Crippen LogP contribution in [0.15, 0.2) is 84.9 Å². The number of aromatic nitrogens is 3. The van der Waals surface area contributed by atoms with Gasteiger partial charge in [0.1, 0.15) is 0 Å². The average Bonchev–Trinajstić information content (AvgIpc) is 3.42. The Kier molecular flexibility index (Phi) is 4.24. The zero-order valence-electron chi connectivity index (χ0n) is 17.1. The van der Waals surface area contributed by atoms with Crippen LogP contribution in [-0.4, -0.2) is 15.0 Å². The molecule has 0 fully saturated rings. The molecule has 3 heterocycles. The van der Waals surface area contributed by atoms with Crippen LogP contribution in [0.4, 0.5) is 0 Å². The van der Waals surface area contributed by atoms with Crippen molar-refractivity contribution in [3.63, 3.8) is 0 Å². The van der Waals surface area contributed by atoms with Gasteiger partial charge in [0.25, 0.3) is 0 Å². The van der Waals surface area contributed by atoms with E-state index >= 15 is 0 Å². The Balaban J connectivity index is 1.52. The second kappa shape index (κ2) is 7.32. The molecule has 7 aromatic rings. The van der Waals surface area contributed by atoms with Gasteiger partial charge in [0.2, 0.25) is 5.28 Å². The molecule has 33 heavy (non-hydrogen) atoms. The van der Waals surface area contributed by atoms with Gasteiger partial charge in [-0.15, -0.1) is 22.7 Å². The van der Waals surface area contributed by atoms with Gasteiger partial charge in [-0.1, -0.05) is 60.7 Å². The molecule has 0 saturated carbocycles. The summed E-state index contributed by atoms with van der Waals surface area (Å²) < 4.78 is 4.90. The van der Waals surface area contributed by atoms with E-state index in [1.54, 1.807) is 22.7 Å². The Morgan fingerprint density at radius 1 is 0.485 bits per heavy atom. The first-order valence-corrected chi connectivity index (χ1v) is 12.5. The third-order valence-corrected chi connectivity index (χ3v) is 8.34. The van der Waals surface area contributed by atoms with Gasteiger partial charge in [0.15, 0.2) is 11.6 Å². The highest BCUT2D eigenvalue weighted by atomic mass is 35.5. The minimum absolute atomic E-state index is 0.197. The lowest BCUT2D eigenvalue weighted by Crippen LogP contribution is -1.98. The number of hydrogen-bond acceptors (Lipinski definition) is 5. The summed E-state index contributed by atoms with van der Waals surface area (Å²) in [5, 5.41) is 4.92. The van der Waals surface area contributed by atoms with E-state index in [9.17, 15) is 0 Å². The molecule has 0 aliphatic rings. The van der Waals surface area contributed by atoms with Crippen LogP contribution in [0, 0.1) is 0 Å². The third kappa shape index (κ3) is 2.97. The maximum Gasteiger partial charge on any atom is 0.226 e. The zero-order valence-corrected chi connectivity index (χ0v) is 19.5. The summed E-state index contributed by atoms with van der Waals surface area (Å²) in [6, 6.07) is 29.4. The van der Waals surface area contributed by atoms with E-state index in [2.05, 4.69) is 94.9 Å². The molecule has 3 nitrogen and oxygen atoms in total. The van der Waals surface area contributed by atoms with Gasteiger partial charge in [0.05, 0.1) is 0 Å². The molecule has 156 valence electrons. The van der Waals surface area contributed by atoms with Crippen molar-refractivity contribution in [2.75, 3.05) is 0 Å². The summed E-state index contributed by atoms with van der Waals surface area (Å²) in [4.78, 5) is 14.0. The fraction of sp³-hybridized carbons (Fsp3) is 0. The monoisotopic (exact) mass is 479 g/mol. The topological polar surface area (TPSA) is 38.7 Å². The van der Waals surface area contributed by atoms with E-state index in [1.807, 2.05) is 0 Å². The predicted octanol–water partition coefficient (Wildman–Crippen LogP) is 8.59. The Morgan fingerprint density at radius 3 is 1.45 bits per heavy atom. The number of nitrogens with zero attached hydrogens (tertiary/aromatic N) is 3. The lowest BCUT2D eigenvalue weighted by molar-refractivity contribution is 1.07. The van der Waals surface area contributed by atoms with Gasteiger partial charge in [-0.05, 0) is 35.9 Å². The fourth-order valence-electron chi connectivity index (χ4n) is 4.51. The second-order valence-corrected chi connectivity index (χ2v) is 10.3. The van der Waals surface area contributed by atoms with Crippen LogP contribution >= 0.6 is 34.3 Å². The van der Waals surface area contributed by atoms with Gasteiger partial charge in [0, 0.05) is 51.5 Å². The normalized spacial score (nSPS) is 11.8. The summed E-state index contributed by atoms with van der Waals surface area (Å²) in [6.07, 6.45) is 0. The van der Waals surface area contributed by atoms with Crippen LogP contribution in [0.25, 0.3) is 63.1 Å². The summed E-state index contributed by atoms with van der Waals surface area (Å²) >= 11 is 10.0. The number of fused-ring (bicyclic) bond motifs is 6. The van der Waals surface area contributed by atoms with E-state index in [-0.39, 0.29) is 5.28 Å². The Hall–Kier alpha value is -3.38. The molecule has 0 aliphatic carbocycles. The van der Waals surface area contributed by atoms with Crippen molar-refractivity contribution in [2.24, 2.45) is 0 Å². The van der Waals surface area contributed by atoms with E-state index in [0.29, 0.717) is 11.6 Å². The van der Waals surface area contributed by atoms with Crippen molar-refractivity contribution in [2.45, 2.75) is 0 Å². The van der Waals surface area contributed by atoms with Gasteiger partial charge in [-0.2, -0.15) is 9.97 Å². The molecule has 0 N–H and O–H groups in total. The quantitative estimate of drug-likeness (QED) is 0.249. The summed E-state index contributed by atoms with van der Waals surface area (Å²) in [5.74, 6) is 1.19. The van der Waals surface area contributed by atoms with E-state index in [4.69, 9.17) is 16.6 Å². The minimum atomic E-state index is 0.197. The van der Waals surface area contributed by atoms with Crippen molar-refractivity contribution >= 4 is 74.6 Å². The Morgan fingerprint density at radius 2 is 0.939 bits per heavy atom. The molecule has 4 aromatic carbocycles. The first-order valence-electron chi connectivity index (χ1n) is 10.5. The van der Waals surface area contributed by atoms with Gasteiger partial charge >= 0.3 is 0 Å². The molecule has 3 aromatic heterocycles. The van der Waals surface area contributed by atoms with Crippen molar-refractivity contribution in [1.29, 1.82) is 0 Å². The van der Waals surface area contributed by atoms with Crippen LogP contribution < -0.4 is 0 Å². The average molecular weight is 480 g/mol. The van der Waals surface area contributed by atoms with Crippen molar-refractivity contribution in [3.8, 4) is 22.8 Å². The Labute approximate surface area is 202 Å². The highest BCUT2D eigenvalue weighted by Gasteiger charge is 2.17. The molecular weight excluding hydrogens is 466 g/mol. The number of hydrogen-bond donors (Lipinski definition) is 0. The van der Waals surface area contributed by atoms with Crippen LogP contribution in [-0.2, 0) is 0 Å². The highest BCUT2D eigenvalue weighted by Crippen LogP contribution is 2.41. The van der Waals surface area contributed by atoms with Crippen LogP contribution in [0.3, 0.4) is 0 Å². The fourth-order valence-corrected chi connectivity index (χ4v) is 6.94. The molecule has 7 rings (SSSR count). The molecule has 0 atom stereocenters. The molecule has 0 spiro atoms. The van der Waals surface area contributed by atoms with Crippen molar-refractivity contribution in [1.82, 2.24) is 15.0 Å². The molecule has 0 radical (unpaired) electrons. The Bertz CT molecular complexity index is 1720. The minimum Gasteiger partial charge on any atom is -0.208 e. The van der Waals surface area contributed by atoms with Crippen LogP contribution in [0.2, 0.25) is 5.28 Å². The van der Waals surface area contributed by atoms with Gasteiger partial charge < -0.3 is 0 Å². The second-order valence-electron chi connectivity index (χ2n) is 7.81. The number of thiophene rings is 2. The highest BCUT2D eigenvalue weighted by molar-refractivity contribution is 7.26. The molecule has 0 aliphatic heterocycles. The third-order valence-electron chi connectivity index (χ3n) is 5.90. The summed E-state index contributed by atoms with van der Waals surface area (Å²) in [7, 11) is 0. The largest absolute Gasteiger partial charge is 0.226 e. The summed E-state index contributed by atoms with van der Waals surface area (Å²) in [6.45, 7) is 0. The molecular formula is C27H14ClN3S2. The van der Waals surface area contributed by atoms with Crippen LogP contribution in [0.5, 0.6) is 0 Å². The van der Waals surface area contributed by atoms with Crippen molar-refractivity contribution < 1.29 is 0 Å². The summed E-state index contributed by atoms with van der Waals surface area (Å²) in [5.41, 5.74) is 1.94. The first-order chi connectivity index (χ1) is 16.3. The van der Waals surface area contributed by atoms with E-state index < -0.39 is 0 Å². The zero-order chi connectivity index (χ0) is 21.9. The number of halogens is 1. The molecule has 0 unspecified atom stereocenters. The molecule has 0 saturated heterocycles. The first kappa shape index (κ1) is 19.1. The van der Waals surface area contributed by atoms with Crippen LogP contribution in [0.1, 0.15) is 0 Å². The molecule has 0 amide bonds. The van der Waals surface area contributed by atoms with Crippen molar-refractivity contribution in [3.05, 3.63) is 90.2 Å². The molecule has 0 bridgehead atoms. The maximum absolute atomic E-state index is 6.48. The van der Waals surface area contributed by atoms with Gasteiger partial charge in [-0.25, -0.2) is 4.98 Å². The molecule has 6 heteroatoms. The predicted molar refractivity (Wildman–Crippen MR) is 141 cm³/mol. The lowest BCUT2D eigenvalue weighted by Gasteiger charge is -2.08.